The predicted molar refractivity (Wildman–Crippen MR) is 142 cm³/mol. The third-order valence-corrected chi connectivity index (χ3v) is 8.84. The number of benzene rings is 2. The zero-order valence-electron chi connectivity index (χ0n) is 22.1. The fraction of sp³-hybridized carbons (Fsp3) is 0.600. The molecule has 2 saturated heterocycles. The van der Waals surface area contributed by atoms with Gasteiger partial charge in [-0.25, -0.2) is 0 Å². The van der Waals surface area contributed by atoms with Crippen LogP contribution in [0.1, 0.15) is 68.2 Å². The van der Waals surface area contributed by atoms with E-state index in [1.54, 1.807) is 14.2 Å². The summed E-state index contributed by atoms with van der Waals surface area (Å²) in [6.45, 7) is 11.3. The van der Waals surface area contributed by atoms with Crippen molar-refractivity contribution in [3.63, 3.8) is 0 Å². The van der Waals surface area contributed by atoms with Crippen molar-refractivity contribution in [2.45, 2.75) is 64.1 Å². The van der Waals surface area contributed by atoms with Crippen LogP contribution in [0.4, 0.5) is 0 Å². The van der Waals surface area contributed by atoms with Crippen LogP contribution in [0, 0.1) is 5.41 Å². The van der Waals surface area contributed by atoms with Crippen molar-refractivity contribution in [2.75, 3.05) is 46.9 Å². The zero-order chi connectivity index (χ0) is 24.4. The van der Waals surface area contributed by atoms with Gasteiger partial charge in [-0.3, -0.25) is 9.80 Å². The minimum atomic E-state index is 0.440. The average Bonchev–Trinajstić information content (AvgIpc) is 2.88. The average molecular weight is 478 g/mol. The largest absolute Gasteiger partial charge is 0.497 e. The van der Waals surface area contributed by atoms with Crippen LogP contribution in [0.3, 0.4) is 0 Å². The van der Waals surface area contributed by atoms with E-state index < -0.39 is 0 Å². The van der Waals surface area contributed by atoms with Crippen molar-refractivity contribution >= 4 is 0 Å². The number of nitrogens with zero attached hydrogens (tertiary/aromatic N) is 2. The van der Waals surface area contributed by atoms with Gasteiger partial charge in [0.15, 0.2) is 0 Å². The molecule has 0 amide bonds. The van der Waals surface area contributed by atoms with Crippen LogP contribution >= 0.6 is 0 Å². The highest BCUT2D eigenvalue weighted by Gasteiger charge is 2.49. The maximum atomic E-state index is 5.72. The van der Waals surface area contributed by atoms with E-state index in [1.165, 1.54) is 55.5 Å². The van der Waals surface area contributed by atoms with Gasteiger partial charge in [-0.15, -0.1) is 0 Å². The Morgan fingerprint density at radius 1 is 1.00 bits per heavy atom. The molecule has 35 heavy (non-hydrogen) atoms. The van der Waals surface area contributed by atoms with Gasteiger partial charge in [0.25, 0.3) is 0 Å². The lowest BCUT2D eigenvalue weighted by atomic mass is 9.60. The number of rotatable bonds is 7. The van der Waals surface area contributed by atoms with Crippen LogP contribution in [-0.4, -0.2) is 62.8 Å². The molecule has 5 nitrogen and oxygen atoms in total. The molecule has 1 aliphatic carbocycles. The fourth-order valence-electron chi connectivity index (χ4n) is 6.81. The van der Waals surface area contributed by atoms with E-state index in [1.807, 2.05) is 12.1 Å². The first kappa shape index (κ1) is 24.6. The maximum Gasteiger partial charge on any atom is 0.127 e. The summed E-state index contributed by atoms with van der Waals surface area (Å²) < 4.78 is 11.1. The van der Waals surface area contributed by atoms with E-state index in [9.17, 15) is 0 Å². The molecule has 2 heterocycles. The molecule has 1 atom stereocenters. The van der Waals surface area contributed by atoms with Crippen LogP contribution in [0.2, 0.25) is 0 Å². The number of hydrogen-bond acceptors (Lipinski definition) is 5. The summed E-state index contributed by atoms with van der Waals surface area (Å²) in [5.74, 6) is 2.29. The third-order valence-electron chi connectivity index (χ3n) is 8.84. The molecule has 3 aliphatic rings. The lowest BCUT2D eigenvalue weighted by Crippen LogP contribution is -2.59. The third kappa shape index (κ3) is 5.09. The molecule has 1 spiro atoms. The second-order valence-electron chi connectivity index (χ2n) is 11.3. The Bertz CT molecular complexity index is 993. The Morgan fingerprint density at radius 3 is 2.49 bits per heavy atom. The lowest BCUT2D eigenvalue weighted by Gasteiger charge is -2.57. The van der Waals surface area contributed by atoms with Crippen molar-refractivity contribution in [2.24, 2.45) is 5.41 Å². The van der Waals surface area contributed by atoms with E-state index >= 15 is 0 Å². The van der Waals surface area contributed by atoms with Crippen LogP contribution < -0.4 is 14.8 Å². The number of methoxy groups -OCH3 is 2. The quantitative estimate of drug-likeness (QED) is 0.592. The lowest BCUT2D eigenvalue weighted by molar-refractivity contribution is -0.0651. The Kier molecular flexibility index (Phi) is 7.38. The van der Waals surface area contributed by atoms with Crippen molar-refractivity contribution < 1.29 is 9.47 Å². The molecule has 2 aromatic carbocycles. The summed E-state index contributed by atoms with van der Waals surface area (Å²) in [5, 5.41) is 3.56. The molecule has 2 aliphatic heterocycles. The Labute approximate surface area is 211 Å². The van der Waals surface area contributed by atoms with Crippen molar-refractivity contribution in [1.29, 1.82) is 0 Å². The minimum Gasteiger partial charge on any atom is -0.497 e. The van der Waals surface area contributed by atoms with Gasteiger partial charge >= 0.3 is 0 Å². The first-order valence-electron chi connectivity index (χ1n) is 13.5. The molecule has 1 N–H and O–H groups in total. The van der Waals surface area contributed by atoms with Gasteiger partial charge in [0, 0.05) is 49.9 Å². The molecule has 3 fully saturated rings. The van der Waals surface area contributed by atoms with E-state index in [4.69, 9.17) is 9.47 Å². The Morgan fingerprint density at radius 2 is 1.77 bits per heavy atom. The van der Waals surface area contributed by atoms with Crippen LogP contribution in [0.15, 0.2) is 42.5 Å². The first-order chi connectivity index (χ1) is 17.0. The molecule has 5 heteroatoms. The molecule has 0 aromatic heterocycles. The van der Waals surface area contributed by atoms with Gasteiger partial charge in [-0.2, -0.15) is 0 Å². The van der Waals surface area contributed by atoms with E-state index in [2.05, 4.69) is 59.3 Å². The maximum absolute atomic E-state index is 5.72. The fourth-order valence-corrected chi connectivity index (χ4v) is 6.81. The molecule has 2 aromatic rings. The van der Waals surface area contributed by atoms with Gasteiger partial charge in [0.05, 0.1) is 14.2 Å². The van der Waals surface area contributed by atoms with E-state index in [-0.39, 0.29) is 0 Å². The summed E-state index contributed by atoms with van der Waals surface area (Å²) in [7, 11) is 3.46. The molecular weight excluding hydrogens is 434 g/mol. The first-order valence-corrected chi connectivity index (χ1v) is 13.5. The standard InChI is InChI=1S/C30H43N3O2/c1-22(2)26-7-5-6-8-27(26)28-21-32(20-23-9-10-25(34-3)17-29(23)35-4)15-16-33(28)24-18-30(19-24)11-13-31-14-12-30/h5-10,17,22,24,28,31H,11-16,18-21H2,1-4H3. The van der Waals surface area contributed by atoms with Gasteiger partial charge in [-0.1, -0.05) is 44.2 Å². The van der Waals surface area contributed by atoms with E-state index in [0.717, 1.165) is 43.7 Å². The Balaban J connectivity index is 1.38. The van der Waals surface area contributed by atoms with Crippen molar-refractivity contribution in [3.8, 4) is 11.5 Å². The van der Waals surface area contributed by atoms with Crippen molar-refractivity contribution in [1.82, 2.24) is 15.1 Å². The molecule has 0 bridgehead atoms. The molecule has 1 saturated carbocycles. The highest BCUT2D eigenvalue weighted by Crippen LogP contribution is 2.52. The topological polar surface area (TPSA) is 37.0 Å². The summed E-state index contributed by atoms with van der Waals surface area (Å²) in [5.41, 5.74) is 4.86. The van der Waals surface area contributed by atoms with Gasteiger partial charge < -0.3 is 14.8 Å². The zero-order valence-corrected chi connectivity index (χ0v) is 22.1. The normalized spacial score (nSPS) is 23.4. The number of piperazine rings is 1. The van der Waals surface area contributed by atoms with Gasteiger partial charge in [0.1, 0.15) is 11.5 Å². The highest BCUT2D eigenvalue weighted by atomic mass is 16.5. The second-order valence-corrected chi connectivity index (χ2v) is 11.3. The monoisotopic (exact) mass is 477 g/mol. The van der Waals surface area contributed by atoms with Gasteiger partial charge in [-0.05, 0) is 67.3 Å². The summed E-state index contributed by atoms with van der Waals surface area (Å²) in [6.07, 6.45) is 5.46. The smallest absolute Gasteiger partial charge is 0.127 e. The SMILES string of the molecule is COc1ccc(CN2CCN(C3CC4(CCNCC4)C3)C(c3ccccc3C(C)C)C2)c(OC)c1. The molecule has 0 radical (unpaired) electrons. The van der Waals surface area contributed by atoms with Crippen molar-refractivity contribution in [3.05, 3.63) is 59.2 Å². The number of piperidine rings is 1. The summed E-state index contributed by atoms with van der Waals surface area (Å²) in [4.78, 5) is 5.50. The number of ether oxygens (including phenoxy) is 2. The highest BCUT2D eigenvalue weighted by molar-refractivity contribution is 5.41. The van der Waals surface area contributed by atoms with E-state index in [0.29, 0.717) is 17.4 Å². The predicted octanol–water partition coefficient (Wildman–Crippen LogP) is 5.22. The molecule has 1 unspecified atom stereocenters. The Hall–Kier alpha value is -2.08. The summed E-state index contributed by atoms with van der Waals surface area (Å²) >= 11 is 0. The van der Waals surface area contributed by atoms with Gasteiger partial charge in [0.2, 0.25) is 0 Å². The second kappa shape index (κ2) is 10.5. The molecular formula is C30H43N3O2. The molecule has 190 valence electrons. The van der Waals surface area contributed by atoms with Crippen LogP contribution in [0.5, 0.6) is 11.5 Å². The number of hydrogen-bond donors (Lipinski definition) is 1. The number of nitrogens with one attached hydrogen (secondary N) is 1. The van der Waals surface area contributed by atoms with Crippen LogP contribution in [-0.2, 0) is 6.54 Å². The molecule has 5 rings (SSSR count). The summed E-state index contributed by atoms with van der Waals surface area (Å²) in [6, 6.07) is 16.6. The van der Waals surface area contributed by atoms with Crippen LogP contribution in [0.25, 0.3) is 0 Å². The minimum absolute atomic E-state index is 0.440.